The van der Waals surface area contributed by atoms with Crippen molar-refractivity contribution in [1.82, 2.24) is 0 Å². The number of hydrogen-bond acceptors (Lipinski definition) is 2. The Balaban J connectivity index is -0.000000826. The van der Waals surface area contributed by atoms with Crippen molar-refractivity contribution < 1.29 is 9.47 Å². The molecule has 0 aromatic rings. The zero-order valence-electron chi connectivity index (χ0n) is 14.5. The first-order chi connectivity index (χ1) is 10.5. The second kappa shape index (κ2) is 18.5. The third-order valence-corrected chi connectivity index (χ3v) is 1.68. The lowest BCUT2D eigenvalue weighted by Gasteiger charge is -2.06. The summed E-state index contributed by atoms with van der Waals surface area (Å²) in [4.78, 5) is 0. The van der Waals surface area contributed by atoms with Gasteiger partial charge in [0.1, 0.15) is 23.0 Å². The first-order valence-electron chi connectivity index (χ1n) is 7.04. The van der Waals surface area contributed by atoms with Crippen LogP contribution in [-0.2, 0) is 9.47 Å². The van der Waals surface area contributed by atoms with E-state index >= 15 is 0 Å². The summed E-state index contributed by atoms with van der Waals surface area (Å²) in [5.41, 5.74) is 0. The molecule has 0 amide bonds. The zero-order valence-corrected chi connectivity index (χ0v) is 14.5. The van der Waals surface area contributed by atoms with E-state index in [4.69, 9.17) is 9.47 Å². The predicted octanol–water partition coefficient (Wildman–Crippen LogP) is 6.61. The Morgan fingerprint density at radius 1 is 0.591 bits per heavy atom. The molecule has 0 spiro atoms. The van der Waals surface area contributed by atoms with E-state index < -0.39 is 0 Å². The number of hydrogen-bond donors (Lipinski definition) is 0. The van der Waals surface area contributed by atoms with Gasteiger partial charge in [-0.25, -0.2) is 0 Å². The molecule has 0 aliphatic carbocycles. The van der Waals surface area contributed by atoms with Gasteiger partial charge >= 0.3 is 0 Å². The summed E-state index contributed by atoms with van der Waals surface area (Å²) in [6.45, 7) is 28.6. The lowest BCUT2D eigenvalue weighted by Crippen LogP contribution is -1.87. The van der Waals surface area contributed by atoms with Crippen molar-refractivity contribution in [3.05, 3.63) is 99.0 Å². The minimum atomic E-state index is 0.458. The van der Waals surface area contributed by atoms with Gasteiger partial charge in [0.15, 0.2) is 0 Å². The molecule has 0 N–H and O–H groups in total. The SMILES string of the molecule is C=C.C=C(/C=C\C)OC(=C)/C=C\C(=C)OC(=C)/C=C\C.CC. The molecule has 0 heterocycles. The van der Waals surface area contributed by atoms with Crippen LogP contribution in [0.25, 0.3) is 0 Å². The Morgan fingerprint density at radius 3 is 1.05 bits per heavy atom. The van der Waals surface area contributed by atoms with Crippen molar-refractivity contribution in [2.24, 2.45) is 0 Å². The van der Waals surface area contributed by atoms with Crippen molar-refractivity contribution >= 4 is 0 Å². The first-order valence-corrected chi connectivity index (χ1v) is 7.04. The number of allylic oxidation sites excluding steroid dienone is 6. The minimum absolute atomic E-state index is 0.458. The molecular formula is C20H30O2. The van der Waals surface area contributed by atoms with Gasteiger partial charge < -0.3 is 9.47 Å². The van der Waals surface area contributed by atoms with E-state index in [2.05, 4.69) is 39.5 Å². The number of rotatable bonds is 8. The van der Waals surface area contributed by atoms with E-state index in [-0.39, 0.29) is 0 Å². The van der Waals surface area contributed by atoms with E-state index in [1.165, 1.54) is 0 Å². The Kier molecular flexibility index (Phi) is 20.7. The molecule has 0 aromatic carbocycles. The van der Waals surface area contributed by atoms with E-state index in [9.17, 15) is 0 Å². The highest BCUT2D eigenvalue weighted by Crippen LogP contribution is 2.09. The van der Waals surface area contributed by atoms with Crippen molar-refractivity contribution in [2.45, 2.75) is 27.7 Å². The Labute approximate surface area is 136 Å². The van der Waals surface area contributed by atoms with E-state index in [0.717, 1.165) is 0 Å². The Hall–Kier alpha value is -2.48. The van der Waals surface area contributed by atoms with Gasteiger partial charge in [-0.05, 0) is 38.2 Å². The molecular weight excluding hydrogens is 272 g/mol. The molecule has 2 heteroatoms. The van der Waals surface area contributed by atoms with Crippen LogP contribution in [0.1, 0.15) is 27.7 Å². The maximum Gasteiger partial charge on any atom is 0.120 e. The van der Waals surface area contributed by atoms with Crippen molar-refractivity contribution in [2.75, 3.05) is 0 Å². The molecule has 0 unspecified atom stereocenters. The molecule has 122 valence electrons. The quantitative estimate of drug-likeness (QED) is 0.285. The van der Waals surface area contributed by atoms with Gasteiger partial charge in [-0.1, -0.05) is 52.3 Å². The van der Waals surface area contributed by atoms with Crippen LogP contribution >= 0.6 is 0 Å². The predicted molar refractivity (Wildman–Crippen MR) is 100 cm³/mol. The van der Waals surface area contributed by atoms with Crippen LogP contribution in [-0.4, -0.2) is 0 Å². The third-order valence-electron chi connectivity index (χ3n) is 1.68. The smallest absolute Gasteiger partial charge is 0.120 e. The van der Waals surface area contributed by atoms with Crippen LogP contribution in [0.2, 0.25) is 0 Å². The van der Waals surface area contributed by atoms with Gasteiger partial charge in [-0.15, -0.1) is 13.2 Å². The van der Waals surface area contributed by atoms with Gasteiger partial charge in [0.05, 0.1) is 0 Å². The number of ether oxygens (including phenoxy) is 2. The second-order valence-electron chi connectivity index (χ2n) is 3.40. The van der Waals surface area contributed by atoms with Crippen LogP contribution in [0.15, 0.2) is 99.0 Å². The fourth-order valence-electron chi connectivity index (χ4n) is 1.03. The van der Waals surface area contributed by atoms with Crippen molar-refractivity contribution in [1.29, 1.82) is 0 Å². The standard InChI is InChI=1S/C16H20O2.C2H6.C2H4/c1-7-9-13(3)17-15(5)11-12-16(6)18-14(4)10-8-2;2*1-2/h7-12H,3-6H2,1-2H3;1-2H3;1-2H2/b9-7-,10-8-,12-11-;;. The van der Waals surface area contributed by atoms with Gasteiger partial charge in [-0.2, -0.15) is 0 Å². The molecule has 2 nitrogen and oxygen atoms in total. The highest BCUT2D eigenvalue weighted by Gasteiger charge is 1.94. The monoisotopic (exact) mass is 302 g/mol. The van der Waals surface area contributed by atoms with Crippen LogP contribution in [0.5, 0.6) is 0 Å². The van der Waals surface area contributed by atoms with E-state index in [0.29, 0.717) is 23.0 Å². The molecule has 0 atom stereocenters. The summed E-state index contributed by atoms with van der Waals surface area (Å²) in [7, 11) is 0. The summed E-state index contributed by atoms with van der Waals surface area (Å²) in [6.07, 6.45) is 10.5. The highest BCUT2D eigenvalue weighted by atomic mass is 16.5. The Morgan fingerprint density at radius 2 is 0.818 bits per heavy atom. The van der Waals surface area contributed by atoms with Gasteiger partial charge in [0, 0.05) is 0 Å². The Bertz CT molecular complexity index is 395. The molecule has 0 radical (unpaired) electrons. The summed E-state index contributed by atoms with van der Waals surface area (Å²) in [5.74, 6) is 1.97. The zero-order chi connectivity index (χ0) is 18.0. The molecule has 0 saturated heterocycles. The first kappa shape index (κ1) is 24.5. The fraction of sp³-hybridized carbons (Fsp3) is 0.200. The van der Waals surface area contributed by atoms with E-state index in [1.807, 2.05) is 39.8 Å². The van der Waals surface area contributed by atoms with Gasteiger partial charge in [0.25, 0.3) is 0 Å². The molecule has 0 aliphatic rings. The molecule has 0 rings (SSSR count). The van der Waals surface area contributed by atoms with Crippen LogP contribution in [0.3, 0.4) is 0 Å². The maximum atomic E-state index is 5.30. The summed E-state index contributed by atoms with van der Waals surface area (Å²) < 4.78 is 10.6. The minimum Gasteiger partial charge on any atom is -0.459 e. The average molecular weight is 302 g/mol. The summed E-state index contributed by atoms with van der Waals surface area (Å²) in [6, 6.07) is 0. The summed E-state index contributed by atoms with van der Waals surface area (Å²) >= 11 is 0. The van der Waals surface area contributed by atoms with Crippen molar-refractivity contribution in [3.8, 4) is 0 Å². The molecule has 22 heavy (non-hydrogen) atoms. The lowest BCUT2D eigenvalue weighted by molar-refractivity contribution is 0.332. The van der Waals surface area contributed by atoms with E-state index in [1.54, 1.807) is 24.3 Å². The molecule has 0 aromatic heterocycles. The molecule has 0 bridgehead atoms. The van der Waals surface area contributed by atoms with Crippen LogP contribution in [0.4, 0.5) is 0 Å². The fourth-order valence-corrected chi connectivity index (χ4v) is 1.03. The molecule has 0 aliphatic heterocycles. The second-order valence-corrected chi connectivity index (χ2v) is 3.40. The van der Waals surface area contributed by atoms with Gasteiger partial charge in [-0.3, -0.25) is 0 Å². The molecule has 0 saturated carbocycles. The topological polar surface area (TPSA) is 18.5 Å². The third kappa shape index (κ3) is 17.5. The highest BCUT2D eigenvalue weighted by molar-refractivity contribution is 5.22. The average Bonchev–Trinajstić information content (AvgIpc) is 2.49. The largest absolute Gasteiger partial charge is 0.459 e. The molecule has 0 fully saturated rings. The summed E-state index contributed by atoms with van der Waals surface area (Å²) in [5, 5.41) is 0. The van der Waals surface area contributed by atoms with Crippen molar-refractivity contribution in [3.63, 3.8) is 0 Å². The maximum absolute atomic E-state index is 5.30. The van der Waals surface area contributed by atoms with Crippen LogP contribution < -0.4 is 0 Å². The van der Waals surface area contributed by atoms with Gasteiger partial charge in [0.2, 0.25) is 0 Å². The van der Waals surface area contributed by atoms with Crippen LogP contribution in [0, 0.1) is 0 Å². The lowest BCUT2D eigenvalue weighted by atomic mass is 10.4. The normalized spacial score (nSPS) is 9.45.